The number of nitrogens with zero attached hydrogens (tertiary/aromatic N) is 1. The van der Waals surface area contributed by atoms with Crippen LogP contribution < -0.4 is 5.73 Å². The first kappa shape index (κ1) is 11.9. The molecule has 90 valence electrons. The Kier molecular flexibility index (Phi) is 3.59. The molecule has 1 aromatic heterocycles. The van der Waals surface area contributed by atoms with Gasteiger partial charge in [0.2, 0.25) is 5.89 Å². The van der Waals surface area contributed by atoms with E-state index < -0.39 is 0 Å². The van der Waals surface area contributed by atoms with Crippen LogP contribution in [0, 0.1) is 0 Å². The fourth-order valence-electron chi connectivity index (χ4n) is 1.71. The fraction of sp³-hybridized carbons (Fsp3) is 0.357. The molecule has 2 N–H and O–H groups in total. The normalized spacial score (nSPS) is 11.1. The van der Waals surface area contributed by atoms with Gasteiger partial charge in [-0.3, -0.25) is 0 Å². The van der Waals surface area contributed by atoms with E-state index in [0.717, 1.165) is 17.7 Å². The zero-order chi connectivity index (χ0) is 12.3. The quantitative estimate of drug-likeness (QED) is 0.878. The van der Waals surface area contributed by atoms with Crippen molar-refractivity contribution >= 4 is 0 Å². The van der Waals surface area contributed by atoms with Crippen LogP contribution in [0.5, 0.6) is 0 Å². The van der Waals surface area contributed by atoms with Crippen LogP contribution in [0.3, 0.4) is 0 Å². The second kappa shape index (κ2) is 5.15. The van der Waals surface area contributed by atoms with E-state index in [4.69, 9.17) is 10.2 Å². The molecule has 0 atom stereocenters. The van der Waals surface area contributed by atoms with Gasteiger partial charge in [-0.25, -0.2) is 4.98 Å². The van der Waals surface area contributed by atoms with Crippen LogP contribution in [-0.2, 0) is 6.42 Å². The molecule has 0 amide bonds. The van der Waals surface area contributed by atoms with Crippen molar-refractivity contribution in [1.82, 2.24) is 4.98 Å². The van der Waals surface area contributed by atoms with Gasteiger partial charge in [-0.1, -0.05) is 26.0 Å². The van der Waals surface area contributed by atoms with Gasteiger partial charge in [0.15, 0.2) is 0 Å². The largest absolute Gasteiger partial charge is 0.441 e. The first-order valence-corrected chi connectivity index (χ1v) is 5.96. The maximum Gasteiger partial charge on any atom is 0.226 e. The van der Waals surface area contributed by atoms with E-state index in [0.29, 0.717) is 18.4 Å². The zero-order valence-electron chi connectivity index (χ0n) is 10.3. The zero-order valence-corrected chi connectivity index (χ0v) is 10.3. The summed E-state index contributed by atoms with van der Waals surface area (Å²) in [5.41, 5.74) is 7.81. The lowest BCUT2D eigenvalue weighted by atomic mass is 10.0. The van der Waals surface area contributed by atoms with Gasteiger partial charge in [0, 0.05) is 12.0 Å². The highest BCUT2D eigenvalue weighted by atomic mass is 16.4. The highest BCUT2D eigenvalue weighted by Crippen LogP contribution is 2.22. The Bertz CT molecular complexity index is 471. The molecule has 0 aliphatic heterocycles. The smallest absolute Gasteiger partial charge is 0.226 e. The van der Waals surface area contributed by atoms with Crippen LogP contribution in [0.2, 0.25) is 0 Å². The molecule has 0 saturated heterocycles. The maximum atomic E-state index is 5.62. The van der Waals surface area contributed by atoms with Crippen molar-refractivity contribution in [3.63, 3.8) is 0 Å². The van der Waals surface area contributed by atoms with E-state index in [-0.39, 0.29) is 0 Å². The van der Waals surface area contributed by atoms with Crippen molar-refractivity contribution in [1.29, 1.82) is 0 Å². The van der Waals surface area contributed by atoms with Crippen LogP contribution in [0.25, 0.3) is 11.5 Å². The Morgan fingerprint density at radius 2 is 1.94 bits per heavy atom. The number of hydrogen-bond donors (Lipinski definition) is 1. The van der Waals surface area contributed by atoms with E-state index in [1.54, 1.807) is 6.20 Å². The van der Waals surface area contributed by atoms with E-state index in [9.17, 15) is 0 Å². The van der Waals surface area contributed by atoms with Gasteiger partial charge in [0.05, 0.1) is 6.20 Å². The summed E-state index contributed by atoms with van der Waals surface area (Å²) >= 11 is 0. The molecule has 2 rings (SSSR count). The van der Waals surface area contributed by atoms with Gasteiger partial charge in [-0.05, 0) is 30.2 Å². The average Bonchev–Trinajstić information content (AvgIpc) is 2.78. The van der Waals surface area contributed by atoms with Crippen molar-refractivity contribution in [2.45, 2.75) is 26.2 Å². The minimum absolute atomic E-state index is 0.543. The molecule has 0 fully saturated rings. The van der Waals surface area contributed by atoms with Crippen LogP contribution in [0.1, 0.15) is 31.1 Å². The molecule has 1 heterocycles. The second-order valence-electron chi connectivity index (χ2n) is 4.45. The Morgan fingerprint density at radius 3 is 2.53 bits per heavy atom. The standard InChI is InChI=1S/C14H18N2O/c1-10(2)11-3-5-12(6-4-11)14-16-9-13(17-14)7-8-15/h3-6,9-10H,7-8,15H2,1-2H3. The molecule has 2 aromatic rings. The highest BCUT2D eigenvalue weighted by molar-refractivity contribution is 5.53. The van der Waals surface area contributed by atoms with Crippen molar-refractivity contribution in [3.8, 4) is 11.5 Å². The number of benzene rings is 1. The van der Waals surface area contributed by atoms with Crippen LogP contribution in [-0.4, -0.2) is 11.5 Å². The molecule has 3 heteroatoms. The van der Waals surface area contributed by atoms with Crippen molar-refractivity contribution in [2.24, 2.45) is 5.73 Å². The fourth-order valence-corrected chi connectivity index (χ4v) is 1.71. The summed E-state index contributed by atoms with van der Waals surface area (Å²) in [6, 6.07) is 8.33. The summed E-state index contributed by atoms with van der Waals surface area (Å²) in [6.07, 6.45) is 2.48. The number of nitrogens with two attached hydrogens (primary N) is 1. The molecule has 0 aliphatic carbocycles. The predicted molar refractivity (Wildman–Crippen MR) is 68.8 cm³/mol. The minimum Gasteiger partial charge on any atom is -0.441 e. The van der Waals surface area contributed by atoms with Gasteiger partial charge < -0.3 is 10.2 Å². The van der Waals surface area contributed by atoms with E-state index in [1.807, 2.05) is 12.1 Å². The first-order chi connectivity index (χ1) is 8.20. The first-order valence-electron chi connectivity index (χ1n) is 5.96. The van der Waals surface area contributed by atoms with E-state index >= 15 is 0 Å². The number of oxazole rings is 1. The van der Waals surface area contributed by atoms with Crippen LogP contribution in [0.15, 0.2) is 34.9 Å². The number of aromatic nitrogens is 1. The molecule has 0 bridgehead atoms. The molecule has 0 radical (unpaired) electrons. The number of rotatable bonds is 4. The van der Waals surface area contributed by atoms with E-state index in [1.165, 1.54) is 5.56 Å². The summed E-state index contributed by atoms with van der Waals surface area (Å²) in [6.45, 7) is 4.94. The molecule has 0 aliphatic rings. The SMILES string of the molecule is CC(C)c1ccc(-c2ncc(CCN)o2)cc1. The third-order valence-electron chi connectivity index (χ3n) is 2.77. The Labute approximate surface area is 102 Å². The molecule has 0 unspecified atom stereocenters. The Hall–Kier alpha value is -1.61. The third kappa shape index (κ3) is 2.74. The van der Waals surface area contributed by atoms with Crippen molar-refractivity contribution in [2.75, 3.05) is 6.54 Å². The topological polar surface area (TPSA) is 52.0 Å². The van der Waals surface area contributed by atoms with Gasteiger partial charge in [-0.2, -0.15) is 0 Å². The van der Waals surface area contributed by atoms with E-state index in [2.05, 4.69) is 31.0 Å². The van der Waals surface area contributed by atoms with Gasteiger partial charge in [-0.15, -0.1) is 0 Å². The van der Waals surface area contributed by atoms with Gasteiger partial charge in [0.25, 0.3) is 0 Å². The third-order valence-corrected chi connectivity index (χ3v) is 2.77. The second-order valence-corrected chi connectivity index (χ2v) is 4.45. The molecule has 17 heavy (non-hydrogen) atoms. The highest BCUT2D eigenvalue weighted by Gasteiger charge is 2.06. The van der Waals surface area contributed by atoms with Crippen molar-refractivity contribution < 1.29 is 4.42 Å². The summed E-state index contributed by atoms with van der Waals surface area (Å²) in [4.78, 5) is 4.26. The predicted octanol–water partition coefficient (Wildman–Crippen LogP) is 2.97. The molecule has 1 aromatic carbocycles. The minimum atomic E-state index is 0.543. The lowest BCUT2D eigenvalue weighted by molar-refractivity contribution is 0.519. The summed E-state index contributed by atoms with van der Waals surface area (Å²) in [5, 5.41) is 0. The Morgan fingerprint density at radius 1 is 1.24 bits per heavy atom. The molecule has 0 spiro atoms. The molecular formula is C14H18N2O. The summed E-state index contributed by atoms with van der Waals surface area (Å²) < 4.78 is 5.62. The average molecular weight is 230 g/mol. The maximum absolute atomic E-state index is 5.62. The summed E-state index contributed by atoms with van der Waals surface area (Å²) in [5.74, 6) is 2.06. The Balaban J connectivity index is 2.21. The van der Waals surface area contributed by atoms with Gasteiger partial charge in [0.1, 0.15) is 5.76 Å². The number of hydrogen-bond acceptors (Lipinski definition) is 3. The van der Waals surface area contributed by atoms with Crippen molar-refractivity contribution in [3.05, 3.63) is 41.8 Å². The monoisotopic (exact) mass is 230 g/mol. The van der Waals surface area contributed by atoms with Crippen LogP contribution >= 0.6 is 0 Å². The molecule has 0 saturated carbocycles. The summed E-state index contributed by atoms with van der Waals surface area (Å²) in [7, 11) is 0. The van der Waals surface area contributed by atoms with Crippen LogP contribution in [0.4, 0.5) is 0 Å². The molecular weight excluding hydrogens is 212 g/mol. The lowest BCUT2D eigenvalue weighted by Gasteiger charge is -2.04. The molecule has 3 nitrogen and oxygen atoms in total. The van der Waals surface area contributed by atoms with Gasteiger partial charge >= 0.3 is 0 Å². The lowest BCUT2D eigenvalue weighted by Crippen LogP contribution is -2.01.